The van der Waals surface area contributed by atoms with Crippen LogP contribution in [0.4, 0.5) is 5.69 Å². The molecule has 0 saturated carbocycles. The van der Waals surface area contributed by atoms with Crippen LogP contribution in [0.1, 0.15) is 10.6 Å². The number of para-hydroxylation sites is 1. The largest absolute Gasteiger partial charge is 0.459 e. The minimum Gasteiger partial charge on any atom is -0.459 e. The molecule has 24 heavy (non-hydrogen) atoms. The SMILES string of the molecule is CN(NC(=O)CNC(=O)CNC(=O)c1ccco1)c1ccccc1. The number of carbonyl (C=O) groups is 3. The van der Waals surface area contributed by atoms with Crippen molar-refractivity contribution in [2.24, 2.45) is 0 Å². The van der Waals surface area contributed by atoms with Crippen LogP contribution < -0.4 is 21.1 Å². The molecule has 3 amide bonds. The van der Waals surface area contributed by atoms with Crippen LogP contribution in [0.3, 0.4) is 0 Å². The molecule has 0 saturated heterocycles. The Labute approximate surface area is 138 Å². The first-order valence-corrected chi connectivity index (χ1v) is 7.23. The predicted molar refractivity (Wildman–Crippen MR) is 87.0 cm³/mol. The molecule has 1 aromatic carbocycles. The third-order valence-electron chi connectivity index (χ3n) is 3.04. The van der Waals surface area contributed by atoms with E-state index >= 15 is 0 Å². The number of hydrogen-bond acceptors (Lipinski definition) is 5. The first-order chi connectivity index (χ1) is 11.6. The van der Waals surface area contributed by atoms with Gasteiger partial charge < -0.3 is 15.1 Å². The van der Waals surface area contributed by atoms with Gasteiger partial charge in [-0.2, -0.15) is 0 Å². The number of amides is 3. The first kappa shape index (κ1) is 17.1. The van der Waals surface area contributed by atoms with Crippen molar-refractivity contribution >= 4 is 23.4 Å². The van der Waals surface area contributed by atoms with Gasteiger partial charge in [0.15, 0.2) is 5.76 Å². The Balaban J connectivity index is 1.67. The minimum absolute atomic E-state index is 0.116. The number of benzene rings is 1. The van der Waals surface area contributed by atoms with Gasteiger partial charge in [0.05, 0.1) is 25.0 Å². The predicted octanol–water partition coefficient (Wildman–Crippen LogP) is 0.293. The van der Waals surface area contributed by atoms with Crippen LogP contribution in [0.25, 0.3) is 0 Å². The number of furan rings is 1. The number of hydrazine groups is 1. The lowest BCUT2D eigenvalue weighted by atomic mass is 10.3. The summed E-state index contributed by atoms with van der Waals surface area (Å²) in [6.45, 7) is -0.450. The molecule has 0 aliphatic rings. The second-order valence-corrected chi connectivity index (χ2v) is 4.87. The van der Waals surface area contributed by atoms with E-state index in [0.29, 0.717) is 0 Å². The fourth-order valence-electron chi connectivity index (χ4n) is 1.84. The van der Waals surface area contributed by atoms with Crippen molar-refractivity contribution in [2.45, 2.75) is 0 Å². The molecule has 1 heterocycles. The van der Waals surface area contributed by atoms with Crippen molar-refractivity contribution < 1.29 is 18.8 Å². The first-order valence-electron chi connectivity index (χ1n) is 7.23. The van der Waals surface area contributed by atoms with E-state index in [9.17, 15) is 14.4 Å². The van der Waals surface area contributed by atoms with Crippen molar-refractivity contribution in [3.8, 4) is 0 Å². The second kappa shape index (κ2) is 8.37. The van der Waals surface area contributed by atoms with E-state index in [4.69, 9.17) is 4.42 Å². The molecule has 2 rings (SSSR count). The van der Waals surface area contributed by atoms with E-state index in [2.05, 4.69) is 16.1 Å². The lowest BCUT2D eigenvalue weighted by molar-refractivity contribution is -0.125. The van der Waals surface area contributed by atoms with Crippen molar-refractivity contribution in [3.63, 3.8) is 0 Å². The number of hydrogen-bond donors (Lipinski definition) is 3. The maximum atomic E-state index is 11.8. The van der Waals surface area contributed by atoms with Crippen LogP contribution in [-0.2, 0) is 9.59 Å². The summed E-state index contributed by atoms with van der Waals surface area (Å²) in [5.74, 6) is -1.24. The van der Waals surface area contributed by atoms with E-state index in [1.165, 1.54) is 12.3 Å². The highest BCUT2D eigenvalue weighted by atomic mass is 16.3. The topological polar surface area (TPSA) is 104 Å². The molecule has 1 aromatic heterocycles. The zero-order chi connectivity index (χ0) is 17.4. The van der Waals surface area contributed by atoms with Gasteiger partial charge in [0.1, 0.15) is 0 Å². The third-order valence-corrected chi connectivity index (χ3v) is 3.04. The standard InChI is InChI=1S/C16H18N4O4/c1-20(12-6-3-2-4-7-12)19-15(22)11-17-14(21)10-18-16(23)13-8-5-9-24-13/h2-9H,10-11H2,1H3,(H,17,21)(H,18,23)(H,19,22). The zero-order valence-electron chi connectivity index (χ0n) is 13.1. The molecule has 8 heteroatoms. The molecule has 0 spiro atoms. The highest BCUT2D eigenvalue weighted by molar-refractivity contribution is 5.94. The maximum absolute atomic E-state index is 11.8. The van der Waals surface area contributed by atoms with Crippen LogP contribution in [0.2, 0.25) is 0 Å². The van der Waals surface area contributed by atoms with Crippen LogP contribution in [0, 0.1) is 0 Å². The van der Waals surface area contributed by atoms with Crippen LogP contribution in [0.5, 0.6) is 0 Å². The smallest absolute Gasteiger partial charge is 0.287 e. The van der Waals surface area contributed by atoms with Gasteiger partial charge in [0.25, 0.3) is 11.8 Å². The summed E-state index contributed by atoms with van der Waals surface area (Å²) >= 11 is 0. The number of nitrogens with one attached hydrogen (secondary N) is 3. The zero-order valence-corrected chi connectivity index (χ0v) is 13.1. The van der Waals surface area contributed by atoms with Crippen molar-refractivity contribution in [1.82, 2.24) is 16.1 Å². The summed E-state index contributed by atoms with van der Waals surface area (Å²) in [7, 11) is 1.69. The number of nitrogens with zero attached hydrogens (tertiary/aromatic N) is 1. The van der Waals surface area contributed by atoms with E-state index in [-0.39, 0.29) is 24.8 Å². The average molecular weight is 330 g/mol. The van der Waals surface area contributed by atoms with Gasteiger partial charge in [0, 0.05) is 7.05 Å². The molecule has 0 aliphatic carbocycles. The van der Waals surface area contributed by atoms with Gasteiger partial charge in [-0.05, 0) is 24.3 Å². The quantitative estimate of drug-likeness (QED) is 0.633. The lowest BCUT2D eigenvalue weighted by Crippen LogP contribution is -2.46. The monoisotopic (exact) mass is 330 g/mol. The van der Waals surface area contributed by atoms with Gasteiger partial charge >= 0.3 is 0 Å². The van der Waals surface area contributed by atoms with Crippen LogP contribution in [-0.4, -0.2) is 37.9 Å². The summed E-state index contributed by atoms with van der Waals surface area (Å²) in [6.07, 6.45) is 1.36. The molecule has 2 aromatic rings. The summed E-state index contributed by atoms with van der Waals surface area (Å²) in [5.41, 5.74) is 3.42. The van der Waals surface area contributed by atoms with Gasteiger partial charge in [-0.1, -0.05) is 18.2 Å². The lowest BCUT2D eigenvalue weighted by Gasteiger charge is -2.20. The molecular weight excluding hydrogens is 312 g/mol. The minimum atomic E-state index is -0.497. The number of anilines is 1. The van der Waals surface area contributed by atoms with Crippen LogP contribution >= 0.6 is 0 Å². The Morgan fingerprint density at radius 3 is 2.33 bits per heavy atom. The summed E-state index contributed by atoms with van der Waals surface area (Å²) in [5, 5.41) is 6.35. The Morgan fingerprint density at radius 1 is 0.958 bits per heavy atom. The van der Waals surface area contributed by atoms with E-state index in [1.807, 2.05) is 30.3 Å². The molecule has 0 aliphatic heterocycles. The number of rotatable bonds is 7. The Bertz CT molecular complexity index is 685. The van der Waals surface area contributed by atoms with Crippen molar-refractivity contribution in [1.29, 1.82) is 0 Å². The maximum Gasteiger partial charge on any atom is 0.287 e. The van der Waals surface area contributed by atoms with Gasteiger partial charge in [0.2, 0.25) is 5.91 Å². The highest BCUT2D eigenvalue weighted by Crippen LogP contribution is 2.07. The molecule has 0 fully saturated rings. The molecule has 0 atom stereocenters. The molecule has 8 nitrogen and oxygen atoms in total. The van der Waals surface area contributed by atoms with Gasteiger partial charge in [-0.25, -0.2) is 0 Å². The van der Waals surface area contributed by atoms with Crippen LogP contribution in [0.15, 0.2) is 53.1 Å². The second-order valence-electron chi connectivity index (χ2n) is 4.87. The molecule has 3 N–H and O–H groups in total. The summed E-state index contributed by atoms with van der Waals surface area (Å²) in [6, 6.07) is 12.3. The molecular formula is C16H18N4O4. The number of carbonyl (C=O) groups excluding carboxylic acids is 3. The molecule has 126 valence electrons. The Hall–Kier alpha value is -3.29. The normalized spacial score (nSPS) is 9.88. The Kier molecular flexibility index (Phi) is 5.95. The summed E-state index contributed by atoms with van der Waals surface area (Å²) < 4.78 is 4.90. The average Bonchev–Trinajstić information content (AvgIpc) is 3.13. The fourth-order valence-corrected chi connectivity index (χ4v) is 1.84. The Morgan fingerprint density at radius 2 is 1.67 bits per heavy atom. The van der Waals surface area contributed by atoms with E-state index < -0.39 is 11.8 Å². The van der Waals surface area contributed by atoms with Gasteiger partial charge in [-0.3, -0.25) is 24.8 Å². The molecule has 0 bridgehead atoms. The third kappa shape index (κ3) is 5.16. The fraction of sp³-hybridized carbons (Fsp3) is 0.188. The highest BCUT2D eigenvalue weighted by Gasteiger charge is 2.11. The van der Waals surface area contributed by atoms with E-state index in [1.54, 1.807) is 18.1 Å². The van der Waals surface area contributed by atoms with Crippen molar-refractivity contribution in [2.75, 3.05) is 25.1 Å². The molecule has 0 unspecified atom stereocenters. The summed E-state index contributed by atoms with van der Waals surface area (Å²) in [4.78, 5) is 35.0. The van der Waals surface area contributed by atoms with Crippen molar-refractivity contribution in [3.05, 3.63) is 54.5 Å². The van der Waals surface area contributed by atoms with Gasteiger partial charge in [-0.15, -0.1) is 0 Å². The van der Waals surface area contributed by atoms with E-state index in [0.717, 1.165) is 5.69 Å². The molecule has 0 radical (unpaired) electrons.